The fourth-order valence-corrected chi connectivity index (χ4v) is 1.09. The van der Waals surface area contributed by atoms with Gasteiger partial charge in [-0.05, 0) is 43.0 Å². The topological polar surface area (TPSA) is 44.8 Å². The van der Waals surface area contributed by atoms with Gasteiger partial charge in [0.15, 0.2) is 0 Å². The molecule has 0 aliphatic heterocycles. The van der Waals surface area contributed by atoms with Gasteiger partial charge < -0.3 is 0 Å². The molecule has 0 aliphatic rings. The van der Waals surface area contributed by atoms with Gasteiger partial charge in [-0.25, -0.2) is 4.79 Å². The Kier molecular flexibility index (Phi) is 5.14. The molecule has 1 aromatic rings. The maximum atomic E-state index is 11.6. The van der Waals surface area contributed by atoms with Crippen molar-refractivity contribution in [3.8, 4) is 0 Å². The zero-order valence-corrected chi connectivity index (χ0v) is 11.7. The second-order valence-corrected chi connectivity index (χ2v) is 5.23. The molecule has 1 rings (SSSR count). The van der Waals surface area contributed by atoms with Crippen LogP contribution in [0.1, 0.15) is 38.1 Å². The van der Waals surface area contributed by atoms with Gasteiger partial charge in [-0.1, -0.05) is 31.5 Å². The minimum Gasteiger partial charge on any atom is -0.263 e. The van der Waals surface area contributed by atoms with Crippen LogP contribution in [0.25, 0.3) is 0 Å². The number of carbonyl (C=O) groups excluding carboxylic acids is 1. The lowest BCUT2D eigenvalue weighted by Crippen LogP contribution is -2.31. The van der Waals surface area contributed by atoms with Crippen molar-refractivity contribution in [3.63, 3.8) is 0 Å². The highest BCUT2D eigenvalue weighted by Crippen LogP contribution is 2.21. The Morgan fingerprint density at radius 2 is 2.00 bits per heavy atom. The standard InChI is InChI=1S/C13H17ClO4/c1-9(2)13(3,4)17-18-16-12(15)10-6-5-7-11(14)8-10/h5-9H,1-4H3. The Hall–Kier alpha value is -1.10. The minimum atomic E-state index is -0.656. The first-order valence-electron chi connectivity index (χ1n) is 5.65. The van der Waals surface area contributed by atoms with E-state index in [4.69, 9.17) is 16.5 Å². The molecule has 0 atom stereocenters. The van der Waals surface area contributed by atoms with Crippen LogP contribution in [0, 0.1) is 5.92 Å². The lowest BCUT2D eigenvalue weighted by Gasteiger charge is -2.25. The summed E-state index contributed by atoms with van der Waals surface area (Å²) in [6.07, 6.45) is 0. The summed E-state index contributed by atoms with van der Waals surface area (Å²) < 4.78 is 0. The molecule has 5 heteroatoms. The second-order valence-electron chi connectivity index (χ2n) is 4.79. The Balaban J connectivity index is 2.48. The predicted molar refractivity (Wildman–Crippen MR) is 68.0 cm³/mol. The molecule has 0 spiro atoms. The highest BCUT2D eigenvalue weighted by Gasteiger charge is 2.26. The van der Waals surface area contributed by atoms with Gasteiger partial charge in [-0.15, -0.1) is 0 Å². The van der Waals surface area contributed by atoms with Crippen LogP contribution in [0.15, 0.2) is 24.3 Å². The SMILES string of the molecule is CC(C)C(C)(C)OOOC(=O)c1cccc(Cl)c1. The molecule has 0 saturated carbocycles. The van der Waals surface area contributed by atoms with Gasteiger partial charge in [0.1, 0.15) is 5.60 Å². The highest BCUT2D eigenvalue weighted by atomic mass is 35.5. The van der Waals surface area contributed by atoms with Crippen molar-refractivity contribution in [1.82, 2.24) is 0 Å². The minimum absolute atomic E-state index is 0.211. The van der Waals surface area contributed by atoms with Crippen molar-refractivity contribution < 1.29 is 19.6 Å². The van der Waals surface area contributed by atoms with Crippen LogP contribution in [0.3, 0.4) is 0 Å². The third kappa shape index (κ3) is 4.29. The van der Waals surface area contributed by atoms with E-state index < -0.39 is 11.6 Å². The summed E-state index contributed by atoms with van der Waals surface area (Å²) in [4.78, 5) is 21.2. The van der Waals surface area contributed by atoms with E-state index in [0.29, 0.717) is 10.6 Å². The lowest BCUT2D eigenvalue weighted by atomic mass is 9.95. The van der Waals surface area contributed by atoms with Gasteiger partial charge in [-0.3, -0.25) is 4.89 Å². The lowest BCUT2D eigenvalue weighted by molar-refractivity contribution is -0.516. The maximum absolute atomic E-state index is 11.6. The molecule has 0 fully saturated rings. The average molecular weight is 273 g/mol. The van der Waals surface area contributed by atoms with Crippen molar-refractivity contribution in [1.29, 1.82) is 0 Å². The summed E-state index contributed by atoms with van der Waals surface area (Å²) >= 11 is 5.76. The van der Waals surface area contributed by atoms with Crippen LogP contribution in [0.2, 0.25) is 5.02 Å². The molecular formula is C13H17ClO4. The fourth-order valence-electron chi connectivity index (χ4n) is 0.895. The summed E-state index contributed by atoms with van der Waals surface area (Å²) in [7, 11) is 0. The number of benzene rings is 1. The molecule has 0 saturated heterocycles. The molecule has 0 amide bonds. The molecule has 0 bridgehead atoms. The van der Waals surface area contributed by atoms with Crippen molar-refractivity contribution in [3.05, 3.63) is 34.9 Å². The Bertz CT molecular complexity index is 415. The number of halogens is 1. The molecule has 0 radical (unpaired) electrons. The van der Waals surface area contributed by atoms with Crippen LogP contribution in [-0.4, -0.2) is 11.6 Å². The molecule has 0 N–H and O–H groups in total. The van der Waals surface area contributed by atoms with E-state index in [1.807, 2.05) is 27.7 Å². The second kappa shape index (κ2) is 6.18. The van der Waals surface area contributed by atoms with E-state index in [9.17, 15) is 4.79 Å². The Morgan fingerprint density at radius 1 is 1.33 bits per heavy atom. The van der Waals surface area contributed by atoms with Crippen molar-refractivity contribution in [2.75, 3.05) is 0 Å². The first-order chi connectivity index (χ1) is 8.33. The summed E-state index contributed by atoms with van der Waals surface area (Å²) in [5.41, 5.74) is -0.248. The average Bonchev–Trinajstić information content (AvgIpc) is 2.28. The number of carbonyl (C=O) groups is 1. The maximum Gasteiger partial charge on any atom is 0.376 e. The quantitative estimate of drug-likeness (QED) is 0.604. The summed E-state index contributed by atoms with van der Waals surface area (Å²) in [6, 6.07) is 6.38. The first-order valence-corrected chi connectivity index (χ1v) is 6.03. The van der Waals surface area contributed by atoms with Gasteiger partial charge in [0.2, 0.25) is 0 Å². The molecule has 0 unspecified atom stereocenters. The van der Waals surface area contributed by atoms with Gasteiger partial charge in [0.25, 0.3) is 0 Å². The molecule has 0 heterocycles. The molecule has 0 aromatic heterocycles. The van der Waals surface area contributed by atoms with Gasteiger partial charge in [0.05, 0.1) is 5.56 Å². The summed E-state index contributed by atoms with van der Waals surface area (Å²) in [5.74, 6) is -0.445. The molecule has 4 nitrogen and oxygen atoms in total. The fraction of sp³-hybridized carbons (Fsp3) is 0.462. The van der Waals surface area contributed by atoms with Crippen LogP contribution < -0.4 is 0 Å². The monoisotopic (exact) mass is 272 g/mol. The molecular weight excluding hydrogens is 256 g/mol. The highest BCUT2D eigenvalue weighted by molar-refractivity contribution is 6.30. The molecule has 18 heavy (non-hydrogen) atoms. The van der Waals surface area contributed by atoms with Crippen molar-refractivity contribution in [2.24, 2.45) is 5.92 Å². The summed E-state index contributed by atoms with van der Waals surface area (Å²) in [6.45, 7) is 7.63. The van der Waals surface area contributed by atoms with Gasteiger partial charge >= 0.3 is 5.97 Å². The Labute approximate surface area is 112 Å². The molecule has 100 valence electrons. The normalized spacial score (nSPS) is 11.7. The van der Waals surface area contributed by atoms with E-state index in [1.54, 1.807) is 18.2 Å². The van der Waals surface area contributed by atoms with E-state index in [2.05, 4.69) is 9.93 Å². The zero-order chi connectivity index (χ0) is 13.8. The van der Waals surface area contributed by atoms with E-state index in [-0.39, 0.29) is 5.92 Å². The summed E-state index contributed by atoms with van der Waals surface area (Å²) in [5, 5.41) is 4.97. The largest absolute Gasteiger partial charge is 0.376 e. The molecule has 0 aliphatic carbocycles. The Morgan fingerprint density at radius 3 is 2.56 bits per heavy atom. The van der Waals surface area contributed by atoms with Crippen LogP contribution in [0.4, 0.5) is 0 Å². The van der Waals surface area contributed by atoms with E-state index in [0.717, 1.165) is 0 Å². The third-order valence-corrected chi connectivity index (χ3v) is 3.04. The van der Waals surface area contributed by atoms with E-state index in [1.165, 1.54) is 6.07 Å². The zero-order valence-electron chi connectivity index (χ0n) is 10.9. The molecule has 1 aromatic carbocycles. The smallest absolute Gasteiger partial charge is 0.263 e. The van der Waals surface area contributed by atoms with Gasteiger partial charge in [0, 0.05) is 5.02 Å². The first kappa shape index (κ1) is 15.0. The predicted octanol–water partition coefficient (Wildman–Crippen LogP) is 3.79. The third-order valence-electron chi connectivity index (χ3n) is 2.81. The van der Waals surface area contributed by atoms with Crippen LogP contribution in [0.5, 0.6) is 0 Å². The van der Waals surface area contributed by atoms with E-state index >= 15 is 0 Å². The van der Waals surface area contributed by atoms with Gasteiger partial charge in [-0.2, -0.15) is 4.89 Å². The number of rotatable bonds is 5. The van der Waals surface area contributed by atoms with Crippen molar-refractivity contribution in [2.45, 2.75) is 33.3 Å². The number of hydrogen-bond donors (Lipinski definition) is 0. The van der Waals surface area contributed by atoms with Crippen molar-refractivity contribution >= 4 is 17.6 Å². The van der Waals surface area contributed by atoms with Crippen LogP contribution in [-0.2, 0) is 14.8 Å². The number of hydrogen-bond acceptors (Lipinski definition) is 4. The van der Waals surface area contributed by atoms with Crippen LogP contribution >= 0.6 is 11.6 Å².